The monoisotopic (exact) mass is 475 g/mol. The second-order valence-electron chi connectivity index (χ2n) is 6.64. The van der Waals surface area contributed by atoms with Crippen molar-refractivity contribution in [2.75, 3.05) is 20.3 Å². The van der Waals surface area contributed by atoms with Crippen molar-refractivity contribution in [3.63, 3.8) is 0 Å². The fraction of sp³-hybridized carbons (Fsp3) is 0.238. The van der Waals surface area contributed by atoms with E-state index in [0.717, 1.165) is 17.0 Å². The Labute approximate surface area is 182 Å². The topological polar surface area (TPSA) is 50.5 Å². The van der Waals surface area contributed by atoms with Crippen LogP contribution < -0.4 is 5.32 Å². The third-order valence-corrected chi connectivity index (χ3v) is 5.86. The number of pyridine rings is 1. The summed E-state index contributed by atoms with van der Waals surface area (Å²) in [5.74, 6) is 1.09. The zero-order valence-corrected chi connectivity index (χ0v) is 18.0. The molecule has 3 aromatic rings. The van der Waals surface area contributed by atoms with Gasteiger partial charge in [-0.05, 0) is 70.6 Å². The van der Waals surface area contributed by atoms with Gasteiger partial charge in [0.05, 0.1) is 18.3 Å². The normalized spacial score (nSPS) is 18.9. The maximum Gasteiger partial charge on any atom is 0.170 e. The van der Waals surface area contributed by atoms with E-state index in [0.29, 0.717) is 28.5 Å². The molecule has 8 heteroatoms. The first-order chi connectivity index (χ1) is 14.1. The Hall–Kier alpha value is -2.29. The van der Waals surface area contributed by atoms with Crippen LogP contribution >= 0.6 is 28.1 Å². The molecule has 0 bridgehead atoms. The molecular formula is C21H19BrFN3O2S. The molecule has 2 aromatic heterocycles. The molecule has 1 aliphatic heterocycles. The molecule has 0 spiro atoms. The molecule has 150 valence electrons. The second-order valence-corrected chi connectivity index (χ2v) is 7.88. The quantitative estimate of drug-likeness (QED) is 0.513. The number of benzene rings is 1. The highest BCUT2D eigenvalue weighted by molar-refractivity contribution is 9.10. The summed E-state index contributed by atoms with van der Waals surface area (Å²) in [6.45, 7) is 1.15. The smallest absolute Gasteiger partial charge is 0.170 e. The third kappa shape index (κ3) is 4.05. The lowest BCUT2D eigenvalue weighted by Crippen LogP contribution is -2.32. The van der Waals surface area contributed by atoms with E-state index in [1.165, 1.54) is 12.1 Å². The summed E-state index contributed by atoms with van der Waals surface area (Å²) in [6.07, 6.45) is 1.76. The first-order valence-corrected chi connectivity index (χ1v) is 10.3. The van der Waals surface area contributed by atoms with E-state index in [-0.39, 0.29) is 17.9 Å². The van der Waals surface area contributed by atoms with Crippen molar-refractivity contribution in [3.05, 3.63) is 76.5 Å². The summed E-state index contributed by atoms with van der Waals surface area (Å²) < 4.78 is 25.6. The number of hydrogen-bond acceptors (Lipinski definition) is 4. The molecule has 1 aromatic carbocycles. The van der Waals surface area contributed by atoms with Crippen molar-refractivity contribution in [1.29, 1.82) is 0 Å². The van der Waals surface area contributed by atoms with Gasteiger partial charge in [0.2, 0.25) is 0 Å². The van der Waals surface area contributed by atoms with Crippen LogP contribution in [-0.4, -0.2) is 35.3 Å². The second kappa shape index (κ2) is 8.61. The van der Waals surface area contributed by atoms with Crippen molar-refractivity contribution in [2.45, 2.75) is 12.1 Å². The van der Waals surface area contributed by atoms with Gasteiger partial charge in [-0.15, -0.1) is 0 Å². The highest BCUT2D eigenvalue weighted by Gasteiger charge is 2.41. The molecule has 4 rings (SSSR count). The van der Waals surface area contributed by atoms with Gasteiger partial charge in [-0.1, -0.05) is 6.07 Å². The molecule has 0 unspecified atom stereocenters. The predicted octanol–water partition coefficient (Wildman–Crippen LogP) is 4.86. The van der Waals surface area contributed by atoms with Crippen LogP contribution in [0.3, 0.4) is 0 Å². The summed E-state index contributed by atoms with van der Waals surface area (Å²) in [5, 5.41) is 3.99. The van der Waals surface area contributed by atoms with Gasteiger partial charge in [-0.3, -0.25) is 4.98 Å². The summed E-state index contributed by atoms with van der Waals surface area (Å²) in [6, 6.07) is 13.8. The average molecular weight is 476 g/mol. The lowest BCUT2D eigenvalue weighted by Gasteiger charge is -2.25. The van der Waals surface area contributed by atoms with Crippen LogP contribution in [-0.2, 0) is 4.74 Å². The standard InChI is InChI=1S/C21H19BrFN3O2S/c1-27-11-10-26-20(19(25-21(26)29)16-4-2-3-9-24-16)18-8-7-17(28-18)14-6-5-13(23)12-15(14)22/h2-9,12,19-20H,10-11H2,1H3,(H,25,29)/t19-,20-/m1/s1. The summed E-state index contributed by atoms with van der Waals surface area (Å²) >= 11 is 8.99. The minimum Gasteiger partial charge on any atom is -0.459 e. The molecule has 2 atom stereocenters. The average Bonchev–Trinajstić information content (AvgIpc) is 3.31. The Bertz CT molecular complexity index is 1010. The highest BCUT2D eigenvalue weighted by Crippen LogP contribution is 2.41. The van der Waals surface area contributed by atoms with E-state index < -0.39 is 0 Å². The van der Waals surface area contributed by atoms with Gasteiger partial charge in [0, 0.05) is 29.9 Å². The number of methoxy groups -OCH3 is 1. The Balaban J connectivity index is 1.72. The summed E-state index contributed by atoms with van der Waals surface area (Å²) in [4.78, 5) is 6.56. The molecule has 3 heterocycles. The largest absolute Gasteiger partial charge is 0.459 e. The van der Waals surface area contributed by atoms with Crippen molar-refractivity contribution in [2.24, 2.45) is 0 Å². The van der Waals surface area contributed by atoms with E-state index in [1.807, 2.05) is 30.3 Å². The first-order valence-electron chi connectivity index (χ1n) is 9.10. The van der Waals surface area contributed by atoms with Gasteiger partial charge < -0.3 is 19.4 Å². The van der Waals surface area contributed by atoms with Crippen LogP contribution in [0, 0.1) is 5.82 Å². The number of rotatable bonds is 6. The maximum atomic E-state index is 13.5. The Morgan fingerprint density at radius 2 is 2.14 bits per heavy atom. The number of nitrogens with one attached hydrogen (secondary N) is 1. The van der Waals surface area contributed by atoms with Crippen molar-refractivity contribution >= 4 is 33.3 Å². The minimum absolute atomic E-state index is 0.156. The van der Waals surface area contributed by atoms with E-state index in [9.17, 15) is 4.39 Å². The van der Waals surface area contributed by atoms with Crippen molar-refractivity contribution in [3.8, 4) is 11.3 Å². The molecule has 1 aliphatic rings. The van der Waals surface area contributed by atoms with Crippen LogP contribution in [0.5, 0.6) is 0 Å². The van der Waals surface area contributed by atoms with Gasteiger partial charge in [0.1, 0.15) is 23.4 Å². The van der Waals surface area contributed by atoms with E-state index in [4.69, 9.17) is 21.4 Å². The Morgan fingerprint density at radius 1 is 1.28 bits per heavy atom. The number of hydrogen-bond donors (Lipinski definition) is 1. The van der Waals surface area contributed by atoms with Gasteiger partial charge in [0.15, 0.2) is 5.11 Å². The van der Waals surface area contributed by atoms with Gasteiger partial charge in [-0.2, -0.15) is 0 Å². The molecule has 0 aliphatic carbocycles. The molecule has 29 heavy (non-hydrogen) atoms. The van der Waals surface area contributed by atoms with Crippen LogP contribution in [0.25, 0.3) is 11.3 Å². The summed E-state index contributed by atoms with van der Waals surface area (Å²) in [7, 11) is 1.66. The lowest BCUT2D eigenvalue weighted by molar-refractivity contribution is 0.158. The van der Waals surface area contributed by atoms with Gasteiger partial charge in [-0.25, -0.2) is 4.39 Å². The number of aromatic nitrogens is 1. The Morgan fingerprint density at radius 3 is 2.86 bits per heavy atom. The lowest BCUT2D eigenvalue weighted by atomic mass is 10.0. The molecule has 0 saturated carbocycles. The molecule has 5 nitrogen and oxygen atoms in total. The molecule has 1 N–H and O–H groups in total. The van der Waals surface area contributed by atoms with Gasteiger partial charge >= 0.3 is 0 Å². The van der Waals surface area contributed by atoms with Crippen molar-refractivity contribution < 1.29 is 13.5 Å². The molecule has 0 amide bonds. The number of halogens is 2. The van der Waals surface area contributed by atoms with Crippen LogP contribution in [0.4, 0.5) is 4.39 Å². The zero-order chi connectivity index (χ0) is 20.4. The summed E-state index contributed by atoms with van der Waals surface area (Å²) in [5.41, 5.74) is 1.66. The predicted molar refractivity (Wildman–Crippen MR) is 116 cm³/mol. The number of nitrogens with zero attached hydrogens (tertiary/aromatic N) is 2. The van der Waals surface area contributed by atoms with Gasteiger partial charge in [0.25, 0.3) is 0 Å². The Kier molecular flexibility index (Phi) is 5.94. The third-order valence-electron chi connectivity index (χ3n) is 4.85. The number of furan rings is 1. The minimum atomic E-state index is -0.307. The molecule has 1 fully saturated rings. The molecular weight excluding hydrogens is 457 g/mol. The molecule has 1 saturated heterocycles. The highest BCUT2D eigenvalue weighted by atomic mass is 79.9. The number of ether oxygens (including phenoxy) is 1. The van der Waals surface area contributed by atoms with E-state index in [2.05, 4.69) is 31.1 Å². The van der Waals surface area contributed by atoms with E-state index in [1.54, 1.807) is 19.4 Å². The van der Waals surface area contributed by atoms with Crippen molar-refractivity contribution in [1.82, 2.24) is 15.2 Å². The first kappa shape index (κ1) is 20.0. The fourth-order valence-corrected chi connectivity index (χ4v) is 4.37. The van der Waals surface area contributed by atoms with E-state index >= 15 is 0 Å². The van der Waals surface area contributed by atoms with Crippen LogP contribution in [0.1, 0.15) is 23.5 Å². The maximum absolute atomic E-state index is 13.5. The fourth-order valence-electron chi connectivity index (χ4n) is 3.49. The molecule has 0 radical (unpaired) electrons. The SMILES string of the molecule is COCCN1C(=S)N[C@H](c2ccccn2)[C@H]1c1ccc(-c2ccc(F)cc2Br)o1. The zero-order valence-electron chi connectivity index (χ0n) is 15.6. The number of thiocarbonyl (C=S) groups is 1. The van der Waals surface area contributed by atoms with Crippen LogP contribution in [0.15, 0.2) is 63.6 Å². The van der Waals surface area contributed by atoms with Crippen LogP contribution in [0.2, 0.25) is 0 Å².